The Hall–Kier alpha value is -4.87. The predicted octanol–water partition coefficient (Wildman–Crippen LogP) is 3.41. The fourth-order valence-corrected chi connectivity index (χ4v) is 2.73. The lowest BCUT2D eigenvalue weighted by Crippen LogP contribution is -2.21. The van der Waals surface area contributed by atoms with E-state index >= 15 is 0 Å². The van der Waals surface area contributed by atoms with Crippen LogP contribution in [0.15, 0.2) is 71.1 Å². The van der Waals surface area contributed by atoms with E-state index in [1.165, 1.54) is 30.5 Å². The van der Waals surface area contributed by atoms with Crippen LogP contribution in [0.25, 0.3) is 0 Å². The second-order valence-corrected chi connectivity index (χ2v) is 6.50. The molecule has 2 aromatic carbocycles. The zero-order valence-electron chi connectivity index (χ0n) is 16.8. The number of amides is 1. The van der Waals surface area contributed by atoms with E-state index in [1.807, 2.05) is 0 Å². The summed E-state index contributed by atoms with van der Waals surface area (Å²) in [5.74, 6) is -2.93. The fourth-order valence-electron chi connectivity index (χ4n) is 2.73. The Bertz CT molecular complexity index is 1340. The number of H-pyrrole nitrogens is 1. The van der Waals surface area contributed by atoms with Gasteiger partial charge in [-0.25, -0.2) is 13.8 Å². The van der Waals surface area contributed by atoms with Crippen LogP contribution in [0, 0.1) is 21.7 Å². The molecular weight excluding hydrogens is 438 g/mol. The van der Waals surface area contributed by atoms with Gasteiger partial charge in [-0.1, -0.05) is 6.58 Å². The standard InChI is InChI=1S/C21H16F2N6O4/c1-2-25-19-14(10-17(29(32)33)21(31)28-19)18(24)26-12-4-6-13(7-5-12)27-20(30)11-3-8-15(22)16(23)9-11/h2-10H,1H2,(H2,24,26)(H,27,30)(H2,25,28,31). The molecule has 0 unspecified atom stereocenters. The maximum Gasteiger partial charge on any atom is 0.334 e. The molecule has 1 aromatic heterocycles. The van der Waals surface area contributed by atoms with E-state index in [2.05, 4.69) is 27.2 Å². The van der Waals surface area contributed by atoms with Crippen molar-refractivity contribution in [2.24, 2.45) is 10.7 Å². The molecule has 1 heterocycles. The first-order chi connectivity index (χ1) is 15.7. The summed E-state index contributed by atoms with van der Waals surface area (Å²) in [7, 11) is 0. The topological polar surface area (TPSA) is 156 Å². The number of nitrogens with zero attached hydrogens (tertiary/aromatic N) is 2. The number of aromatic nitrogens is 1. The third-order valence-electron chi connectivity index (χ3n) is 4.30. The number of halogens is 2. The lowest BCUT2D eigenvalue weighted by molar-refractivity contribution is -0.386. The van der Waals surface area contributed by atoms with Gasteiger partial charge in [-0.3, -0.25) is 19.7 Å². The molecule has 0 saturated carbocycles. The van der Waals surface area contributed by atoms with Gasteiger partial charge in [0.15, 0.2) is 11.6 Å². The van der Waals surface area contributed by atoms with Gasteiger partial charge < -0.3 is 21.4 Å². The number of pyridine rings is 1. The van der Waals surface area contributed by atoms with E-state index in [4.69, 9.17) is 5.73 Å². The monoisotopic (exact) mass is 454 g/mol. The lowest BCUT2D eigenvalue weighted by Gasteiger charge is -2.09. The molecule has 0 saturated heterocycles. The normalized spacial score (nSPS) is 11.0. The second-order valence-electron chi connectivity index (χ2n) is 6.50. The molecule has 10 nitrogen and oxygen atoms in total. The highest BCUT2D eigenvalue weighted by molar-refractivity contribution is 6.05. The summed E-state index contributed by atoms with van der Waals surface area (Å²) >= 11 is 0. The van der Waals surface area contributed by atoms with E-state index in [1.54, 1.807) is 0 Å². The maximum absolute atomic E-state index is 13.3. The molecule has 3 rings (SSSR count). The van der Waals surface area contributed by atoms with Gasteiger partial charge in [0.1, 0.15) is 11.7 Å². The Kier molecular flexibility index (Phi) is 6.57. The quantitative estimate of drug-likeness (QED) is 0.186. The number of hydrogen-bond donors (Lipinski definition) is 4. The number of rotatable bonds is 7. The zero-order chi connectivity index (χ0) is 24.1. The van der Waals surface area contributed by atoms with Crippen LogP contribution in [-0.4, -0.2) is 21.7 Å². The molecule has 0 aliphatic rings. The van der Waals surface area contributed by atoms with Crippen molar-refractivity contribution >= 4 is 34.6 Å². The molecule has 0 radical (unpaired) electrons. The van der Waals surface area contributed by atoms with E-state index in [0.29, 0.717) is 11.4 Å². The molecular formula is C21H16F2N6O4. The number of nitro groups is 1. The molecule has 0 aliphatic heterocycles. The average Bonchev–Trinajstić information content (AvgIpc) is 2.77. The highest BCUT2D eigenvalue weighted by Gasteiger charge is 2.19. The first-order valence-corrected chi connectivity index (χ1v) is 9.19. The third-order valence-corrected chi connectivity index (χ3v) is 4.30. The van der Waals surface area contributed by atoms with Crippen molar-refractivity contribution in [3.8, 4) is 0 Å². The molecule has 5 N–H and O–H groups in total. The van der Waals surface area contributed by atoms with Crippen LogP contribution >= 0.6 is 0 Å². The first-order valence-electron chi connectivity index (χ1n) is 9.19. The molecule has 168 valence electrons. The van der Waals surface area contributed by atoms with Crippen molar-refractivity contribution < 1.29 is 18.5 Å². The number of benzene rings is 2. The maximum atomic E-state index is 13.3. The number of nitrogens with two attached hydrogens (primary N) is 1. The smallest absolute Gasteiger partial charge is 0.334 e. The van der Waals surface area contributed by atoms with Crippen LogP contribution in [0.5, 0.6) is 0 Å². The number of carbonyl (C=O) groups is 1. The van der Waals surface area contributed by atoms with Crippen LogP contribution in [0.1, 0.15) is 15.9 Å². The summed E-state index contributed by atoms with van der Waals surface area (Å²) in [6.45, 7) is 3.47. The van der Waals surface area contributed by atoms with E-state index in [0.717, 1.165) is 24.3 Å². The van der Waals surface area contributed by atoms with Gasteiger partial charge in [0.05, 0.1) is 16.2 Å². The number of aliphatic imine (C=N–C) groups is 1. The highest BCUT2D eigenvalue weighted by atomic mass is 19.2. The minimum absolute atomic E-state index is 0.0666. The van der Waals surface area contributed by atoms with E-state index in [9.17, 15) is 28.5 Å². The SMILES string of the molecule is C=CNc1[nH]c(=O)c([N+](=O)[O-])cc1C(N)=Nc1ccc(NC(=O)c2ccc(F)c(F)c2)cc1. The zero-order valence-corrected chi connectivity index (χ0v) is 16.8. The molecule has 33 heavy (non-hydrogen) atoms. The molecule has 3 aromatic rings. The Morgan fingerprint density at radius 1 is 1.15 bits per heavy atom. The van der Waals surface area contributed by atoms with Gasteiger partial charge in [-0.15, -0.1) is 0 Å². The average molecular weight is 454 g/mol. The minimum atomic E-state index is -1.14. The van der Waals surface area contributed by atoms with Crippen LogP contribution in [-0.2, 0) is 0 Å². The van der Waals surface area contributed by atoms with Crippen LogP contribution in [0.3, 0.4) is 0 Å². The second kappa shape index (κ2) is 9.51. The Balaban J connectivity index is 1.84. The van der Waals surface area contributed by atoms with Gasteiger partial charge in [0, 0.05) is 17.3 Å². The Morgan fingerprint density at radius 3 is 2.45 bits per heavy atom. The van der Waals surface area contributed by atoms with Crippen molar-refractivity contribution in [1.29, 1.82) is 0 Å². The highest BCUT2D eigenvalue weighted by Crippen LogP contribution is 2.21. The number of nitrogens with one attached hydrogen (secondary N) is 3. The Labute approximate surface area is 184 Å². The number of anilines is 2. The molecule has 1 amide bonds. The van der Waals surface area contributed by atoms with Gasteiger partial charge in [0.2, 0.25) is 0 Å². The predicted molar refractivity (Wildman–Crippen MR) is 119 cm³/mol. The minimum Gasteiger partial charge on any atom is -0.383 e. The van der Waals surface area contributed by atoms with Crippen molar-refractivity contribution in [2.75, 3.05) is 10.6 Å². The summed E-state index contributed by atoms with van der Waals surface area (Å²) in [6.07, 6.45) is 1.25. The largest absolute Gasteiger partial charge is 0.383 e. The molecule has 0 spiro atoms. The third kappa shape index (κ3) is 5.25. The number of amidine groups is 1. The van der Waals surface area contributed by atoms with Crippen LogP contribution in [0.2, 0.25) is 0 Å². The number of carbonyl (C=O) groups excluding carboxylic acids is 1. The summed E-state index contributed by atoms with van der Waals surface area (Å²) in [6, 6.07) is 9.72. The van der Waals surface area contributed by atoms with Crippen molar-refractivity contribution in [3.63, 3.8) is 0 Å². The van der Waals surface area contributed by atoms with Gasteiger partial charge in [-0.05, 0) is 48.7 Å². The molecule has 0 atom stereocenters. The lowest BCUT2D eigenvalue weighted by atomic mass is 10.2. The molecule has 0 fully saturated rings. The molecule has 0 aliphatic carbocycles. The summed E-state index contributed by atoms with van der Waals surface area (Å²) in [4.78, 5) is 40.7. The van der Waals surface area contributed by atoms with Crippen LogP contribution in [0.4, 0.5) is 31.7 Å². The van der Waals surface area contributed by atoms with Gasteiger partial charge in [-0.2, -0.15) is 0 Å². The van der Waals surface area contributed by atoms with E-state index < -0.39 is 33.7 Å². The van der Waals surface area contributed by atoms with Gasteiger partial charge >= 0.3 is 11.2 Å². The van der Waals surface area contributed by atoms with Crippen LogP contribution < -0.4 is 21.9 Å². The summed E-state index contributed by atoms with van der Waals surface area (Å²) in [5, 5.41) is 16.2. The fraction of sp³-hybridized carbons (Fsp3) is 0. The number of aromatic amines is 1. The number of hydrogen-bond acceptors (Lipinski definition) is 6. The van der Waals surface area contributed by atoms with Crippen molar-refractivity contribution in [2.45, 2.75) is 0 Å². The summed E-state index contributed by atoms with van der Waals surface area (Å²) < 4.78 is 26.3. The Morgan fingerprint density at radius 2 is 1.85 bits per heavy atom. The molecule has 0 bridgehead atoms. The summed E-state index contributed by atoms with van der Waals surface area (Å²) in [5.41, 5.74) is 5.02. The first kappa shape index (κ1) is 22.8. The van der Waals surface area contributed by atoms with Crippen molar-refractivity contribution in [3.05, 3.63) is 105 Å². The van der Waals surface area contributed by atoms with Gasteiger partial charge in [0.25, 0.3) is 5.91 Å². The van der Waals surface area contributed by atoms with Crippen molar-refractivity contribution in [1.82, 2.24) is 4.98 Å². The van der Waals surface area contributed by atoms with E-state index in [-0.39, 0.29) is 22.8 Å². The molecule has 12 heteroatoms.